The number of hydrogen-bond acceptors (Lipinski definition) is 1. The molecule has 0 aromatic heterocycles. The van der Waals surface area contributed by atoms with Crippen molar-refractivity contribution in [3.8, 4) is 0 Å². The van der Waals surface area contributed by atoms with Gasteiger partial charge in [0.25, 0.3) is 0 Å². The van der Waals surface area contributed by atoms with Crippen molar-refractivity contribution in [2.45, 2.75) is 25.8 Å². The first kappa shape index (κ1) is 11.5. The molecule has 1 aromatic carbocycles. The molecule has 0 aliphatic rings. The molecule has 0 fully saturated rings. The van der Waals surface area contributed by atoms with E-state index in [9.17, 15) is 0 Å². The fraction of sp³-hybridized carbons (Fsp3) is 0.333. The Bertz CT molecular complexity index is 320. The summed E-state index contributed by atoms with van der Waals surface area (Å²) in [6.07, 6.45) is 1.80. The van der Waals surface area contributed by atoms with Gasteiger partial charge in [-0.2, -0.15) is 0 Å². The fourth-order valence-corrected chi connectivity index (χ4v) is 1.93. The van der Waals surface area contributed by atoms with Crippen LogP contribution in [0, 0.1) is 0 Å². The topological polar surface area (TPSA) is 26.0 Å². The first-order chi connectivity index (χ1) is 6.58. The van der Waals surface area contributed by atoms with E-state index in [1.54, 1.807) is 0 Å². The van der Waals surface area contributed by atoms with Crippen LogP contribution >= 0.6 is 15.9 Å². The molecule has 0 bridgehead atoms. The van der Waals surface area contributed by atoms with Crippen LogP contribution in [0.1, 0.15) is 18.9 Å². The van der Waals surface area contributed by atoms with Crippen LogP contribution in [0.2, 0.25) is 0 Å². The van der Waals surface area contributed by atoms with Gasteiger partial charge in [-0.3, -0.25) is 0 Å². The highest BCUT2D eigenvalue weighted by Crippen LogP contribution is 2.14. The predicted octanol–water partition coefficient (Wildman–Crippen LogP) is 3.29. The molecule has 1 rings (SSSR count). The predicted molar refractivity (Wildman–Crippen MR) is 65.3 cm³/mol. The molecule has 1 nitrogen and oxygen atoms in total. The van der Waals surface area contributed by atoms with Crippen molar-refractivity contribution in [3.05, 3.63) is 46.5 Å². The zero-order valence-corrected chi connectivity index (χ0v) is 10.0. The maximum absolute atomic E-state index is 5.98. The van der Waals surface area contributed by atoms with E-state index in [-0.39, 0.29) is 6.04 Å². The van der Waals surface area contributed by atoms with E-state index in [1.807, 2.05) is 19.1 Å². The number of nitrogens with two attached hydrogens (primary N) is 1. The molecule has 14 heavy (non-hydrogen) atoms. The lowest BCUT2D eigenvalue weighted by Crippen LogP contribution is -2.22. The molecule has 2 heteroatoms. The molecule has 0 aliphatic heterocycles. The van der Waals surface area contributed by atoms with E-state index in [2.05, 4.69) is 34.6 Å². The van der Waals surface area contributed by atoms with Gasteiger partial charge in [0.2, 0.25) is 0 Å². The molecule has 0 amide bonds. The molecule has 0 radical (unpaired) electrons. The summed E-state index contributed by atoms with van der Waals surface area (Å²) in [6.45, 7) is 5.88. The molecule has 0 heterocycles. The third-order valence-corrected chi connectivity index (χ3v) is 2.49. The van der Waals surface area contributed by atoms with Gasteiger partial charge in [-0.1, -0.05) is 33.6 Å². The Morgan fingerprint density at radius 2 is 2.29 bits per heavy atom. The Morgan fingerprint density at radius 1 is 1.57 bits per heavy atom. The molecular weight excluding hydrogens is 238 g/mol. The Labute approximate surface area is 94.1 Å². The first-order valence-electron chi connectivity index (χ1n) is 4.72. The zero-order valence-electron chi connectivity index (χ0n) is 8.46. The maximum Gasteiger partial charge on any atom is 0.0178 e. The number of rotatable bonds is 4. The van der Waals surface area contributed by atoms with Gasteiger partial charge in [-0.25, -0.2) is 0 Å². The molecule has 2 N–H and O–H groups in total. The summed E-state index contributed by atoms with van der Waals surface area (Å²) >= 11 is 3.44. The Kier molecular flexibility index (Phi) is 4.36. The number of halogens is 1. The van der Waals surface area contributed by atoms with Crippen molar-refractivity contribution in [1.29, 1.82) is 0 Å². The molecule has 76 valence electrons. The Hall–Kier alpha value is -0.600. The summed E-state index contributed by atoms with van der Waals surface area (Å²) < 4.78 is 1.11. The second-order valence-electron chi connectivity index (χ2n) is 3.76. The average Bonchev–Trinajstić information content (AvgIpc) is 2.01. The number of hydrogen-bond donors (Lipinski definition) is 1. The van der Waals surface area contributed by atoms with Crippen molar-refractivity contribution in [2.75, 3.05) is 0 Å². The quantitative estimate of drug-likeness (QED) is 0.820. The average molecular weight is 254 g/mol. The fourth-order valence-electron chi connectivity index (χ4n) is 1.49. The molecule has 1 unspecified atom stereocenters. The monoisotopic (exact) mass is 253 g/mol. The summed E-state index contributed by atoms with van der Waals surface area (Å²) in [7, 11) is 0. The lowest BCUT2D eigenvalue weighted by molar-refractivity contribution is 0.661. The van der Waals surface area contributed by atoms with E-state index < -0.39 is 0 Å². The summed E-state index contributed by atoms with van der Waals surface area (Å²) in [5.41, 5.74) is 8.40. The van der Waals surface area contributed by atoms with Crippen molar-refractivity contribution >= 4 is 15.9 Å². The van der Waals surface area contributed by atoms with Gasteiger partial charge in [0.1, 0.15) is 0 Å². The standard InChI is InChI=1S/C12H16BrN/c1-9(2)6-12(14)8-10-4-3-5-11(13)7-10/h3-5,7,12H,1,6,8,14H2,2H3. The van der Waals surface area contributed by atoms with Gasteiger partial charge >= 0.3 is 0 Å². The molecule has 0 aliphatic carbocycles. The van der Waals surface area contributed by atoms with Crippen molar-refractivity contribution in [2.24, 2.45) is 5.73 Å². The minimum atomic E-state index is 0.182. The van der Waals surface area contributed by atoms with Crippen LogP contribution in [-0.4, -0.2) is 6.04 Å². The summed E-state index contributed by atoms with van der Waals surface area (Å²) in [6, 6.07) is 8.45. The highest BCUT2D eigenvalue weighted by atomic mass is 79.9. The minimum Gasteiger partial charge on any atom is -0.327 e. The van der Waals surface area contributed by atoms with Crippen LogP contribution < -0.4 is 5.73 Å². The van der Waals surface area contributed by atoms with Crippen LogP contribution in [0.3, 0.4) is 0 Å². The van der Waals surface area contributed by atoms with Crippen molar-refractivity contribution in [1.82, 2.24) is 0 Å². The molecule has 1 atom stereocenters. The molecular formula is C12H16BrN. The minimum absolute atomic E-state index is 0.182. The van der Waals surface area contributed by atoms with Gasteiger partial charge in [0.15, 0.2) is 0 Å². The molecule has 1 aromatic rings. The maximum atomic E-state index is 5.98. The molecule has 0 spiro atoms. The first-order valence-corrected chi connectivity index (χ1v) is 5.51. The van der Waals surface area contributed by atoms with Gasteiger partial charge in [0.05, 0.1) is 0 Å². The smallest absolute Gasteiger partial charge is 0.0178 e. The van der Waals surface area contributed by atoms with E-state index in [0.717, 1.165) is 22.9 Å². The third-order valence-electron chi connectivity index (χ3n) is 2.00. The Balaban J connectivity index is 2.55. The van der Waals surface area contributed by atoms with Gasteiger partial charge in [-0.15, -0.1) is 6.58 Å². The van der Waals surface area contributed by atoms with Crippen LogP contribution in [0.15, 0.2) is 40.9 Å². The number of benzene rings is 1. The normalized spacial score (nSPS) is 12.5. The van der Waals surface area contributed by atoms with Crippen LogP contribution in [-0.2, 0) is 6.42 Å². The van der Waals surface area contributed by atoms with Crippen molar-refractivity contribution < 1.29 is 0 Å². The lowest BCUT2D eigenvalue weighted by Gasteiger charge is -2.11. The van der Waals surface area contributed by atoms with Crippen LogP contribution in [0.25, 0.3) is 0 Å². The second kappa shape index (κ2) is 5.32. The van der Waals surface area contributed by atoms with Crippen LogP contribution in [0.5, 0.6) is 0 Å². The summed E-state index contributed by atoms with van der Waals surface area (Å²) in [5, 5.41) is 0. The second-order valence-corrected chi connectivity index (χ2v) is 4.67. The largest absolute Gasteiger partial charge is 0.327 e. The SMILES string of the molecule is C=C(C)CC(N)Cc1cccc(Br)c1. The zero-order chi connectivity index (χ0) is 10.6. The van der Waals surface area contributed by atoms with E-state index in [0.29, 0.717) is 0 Å². The van der Waals surface area contributed by atoms with Crippen molar-refractivity contribution in [3.63, 3.8) is 0 Å². The molecule has 0 saturated carbocycles. The van der Waals surface area contributed by atoms with Gasteiger partial charge in [-0.05, 0) is 37.5 Å². The molecule has 0 saturated heterocycles. The van der Waals surface area contributed by atoms with Gasteiger partial charge < -0.3 is 5.73 Å². The highest BCUT2D eigenvalue weighted by molar-refractivity contribution is 9.10. The van der Waals surface area contributed by atoms with E-state index in [1.165, 1.54) is 5.56 Å². The van der Waals surface area contributed by atoms with E-state index >= 15 is 0 Å². The summed E-state index contributed by atoms with van der Waals surface area (Å²) in [5.74, 6) is 0. The van der Waals surface area contributed by atoms with E-state index in [4.69, 9.17) is 5.73 Å². The third kappa shape index (κ3) is 4.07. The Morgan fingerprint density at radius 3 is 2.86 bits per heavy atom. The highest BCUT2D eigenvalue weighted by Gasteiger charge is 2.04. The van der Waals surface area contributed by atoms with Gasteiger partial charge in [0, 0.05) is 10.5 Å². The summed E-state index contributed by atoms with van der Waals surface area (Å²) in [4.78, 5) is 0. The van der Waals surface area contributed by atoms with Crippen LogP contribution in [0.4, 0.5) is 0 Å². The lowest BCUT2D eigenvalue weighted by atomic mass is 10.0.